The van der Waals surface area contributed by atoms with Crippen LogP contribution < -0.4 is 10.6 Å². The number of halogens is 7. The molecule has 0 saturated carbocycles. The number of aryl methyl sites for hydroxylation is 1. The van der Waals surface area contributed by atoms with Gasteiger partial charge < -0.3 is 15.5 Å². The Balaban J connectivity index is 1.95. The third kappa shape index (κ3) is 8.70. The van der Waals surface area contributed by atoms with E-state index < -0.39 is 75.0 Å². The number of hydrogen-bond donors (Lipinski definition) is 2. The van der Waals surface area contributed by atoms with E-state index >= 15 is 0 Å². The summed E-state index contributed by atoms with van der Waals surface area (Å²) in [6, 6.07) is 11.5. The van der Waals surface area contributed by atoms with Crippen molar-refractivity contribution in [1.82, 2.24) is 10.2 Å². The number of hydrogen-bond acceptors (Lipinski definition) is 4. The van der Waals surface area contributed by atoms with E-state index in [-0.39, 0.29) is 5.71 Å². The molecule has 2 aromatic rings. The number of nitrogens with one attached hydrogen (secondary N) is 2. The number of aliphatic imine (C=N–C) groups is 1. The molecule has 0 saturated heterocycles. The van der Waals surface area contributed by atoms with Crippen LogP contribution >= 0.6 is 11.6 Å². The van der Waals surface area contributed by atoms with E-state index in [0.717, 1.165) is 0 Å². The predicted molar refractivity (Wildman–Crippen MR) is 136 cm³/mol. The average Bonchev–Trinajstić information content (AvgIpc) is 2.99. The van der Waals surface area contributed by atoms with Crippen LogP contribution in [0.1, 0.15) is 42.4 Å². The fraction of sp³-hybridized carbons (Fsp3) is 0.385. The molecule has 1 heterocycles. The number of carbonyl (C=O) groups excluding carboxylic acids is 3. The fourth-order valence-corrected chi connectivity index (χ4v) is 4.16. The minimum absolute atomic E-state index is 0.194. The summed E-state index contributed by atoms with van der Waals surface area (Å²) in [6.45, 7) is 0.0427. The Morgan fingerprint density at radius 1 is 1.02 bits per heavy atom. The van der Waals surface area contributed by atoms with Crippen LogP contribution in [0.2, 0.25) is 5.02 Å². The number of rotatable bonds is 9. The normalized spacial score (nSPS) is 15.4. The molecule has 2 N–H and O–H groups in total. The number of benzene rings is 2. The number of alkyl halides is 6. The van der Waals surface area contributed by atoms with Gasteiger partial charge >= 0.3 is 12.4 Å². The molecule has 3 amide bonds. The molecule has 1 atom stereocenters. The minimum atomic E-state index is -4.69. The second-order valence-corrected chi connectivity index (χ2v) is 9.45. The van der Waals surface area contributed by atoms with E-state index in [9.17, 15) is 40.7 Å². The molecule has 2 aromatic carbocycles. The lowest BCUT2D eigenvalue weighted by molar-refractivity contribution is -0.151. The Kier molecular flexibility index (Phi) is 9.82. The van der Waals surface area contributed by atoms with Gasteiger partial charge in [0.2, 0.25) is 18.0 Å². The number of nitrogens with zero attached hydrogens (tertiary/aromatic N) is 2. The molecule has 0 unspecified atom stereocenters. The maximum absolute atomic E-state index is 13.3. The number of carbonyl (C=O) groups is 3. The van der Waals surface area contributed by atoms with Gasteiger partial charge in [0.15, 0.2) is 0 Å². The second kappa shape index (κ2) is 12.7. The molecular weight excluding hydrogens is 566 g/mol. The molecule has 0 fully saturated rings. The highest BCUT2D eigenvalue weighted by molar-refractivity contribution is 6.31. The number of anilines is 1. The first-order valence-corrected chi connectivity index (χ1v) is 12.5. The van der Waals surface area contributed by atoms with Crippen LogP contribution in [0.15, 0.2) is 47.5 Å². The quantitative estimate of drug-likeness (QED) is 0.384. The third-order valence-electron chi connectivity index (χ3n) is 5.91. The van der Waals surface area contributed by atoms with Gasteiger partial charge in [-0.2, -0.15) is 26.3 Å². The summed E-state index contributed by atoms with van der Waals surface area (Å²) in [5, 5.41) is 4.99. The van der Waals surface area contributed by atoms with Crippen LogP contribution in [-0.4, -0.2) is 59.9 Å². The molecule has 0 aromatic heterocycles. The summed E-state index contributed by atoms with van der Waals surface area (Å²) >= 11 is 6.15. The van der Waals surface area contributed by atoms with E-state index in [1.807, 2.05) is 5.32 Å². The molecule has 1 aliphatic rings. The van der Waals surface area contributed by atoms with E-state index in [1.165, 1.54) is 0 Å². The fourth-order valence-electron chi connectivity index (χ4n) is 3.97. The molecule has 0 bridgehead atoms. The minimum Gasteiger partial charge on any atom is -0.356 e. The van der Waals surface area contributed by atoms with E-state index in [1.54, 1.807) is 49.4 Å². The number of para-hydroxylation sites is 1. The van der Waals surface area contributed by atoms with Crippen LogP contribution in [0.25, 0.3) is 0 Å². The Labute approximate surface area is 230 Å². The van der Waals surface area contributed by atoms with Crippen molar-refractivity contribution in [2.75, 3.05) is 18.4 Å². The van der Waals surface area contributed by atoms with Crippen LogP contribution in [0, 0.1) is 6.92 Å². The summed E-state index contributed by atoms with van der Waals surface area (Å²) in [4.78, 5) is 43.5. The lowest BCUT2D eigenvalue weighted by atomic mass is 9.98. The van der Waals surface area contributed by atoms with Crippen LogP contribution in [0.3, 0.4) is 0 Å². The van der Waals surface area contributed by atoms with Gasteiger partial charge in [0.25, 0.3) is 5.91 Å². The Hall–Kier alpha value is -3.61. The molecule has 40 heavy (non-hydrogen) atoms. The predicted octanol–water partition coefficient (Wildman–Crippen LogP) is 5.39. The highest BCUT2D eigenvalue weighted by Gasteiger charge is 2.37. The first kappa shape index (κ1) is 30.9. The first-order chi connectivity index (χ1) is 18.6. The highest BCUT2D eigenvalue weighted by Crippen LogP contribution is 2.30. The largest absolute Gasteiger partial charge is 0.390 e. The van der Waals surface area contributed by atoms with Gasteiger partial charge in [-0.15, -0.1) is 0 Å². The first-order valence-electron chi connectivity index (χ1n) is 12.1. The highest BCUT2D eigenvalue weighted by atomic mass is 35.5. The van der Waals surface area contributed by atoms with Gasteiger partial charge in [-0.05, 0) is 24.6 Å². The lowest BCUT2D eigenvalue weighted by Gasteiger charge is -2.28. The maximum Gasteiger partial charge on any atom is 0.390 e. The summed E-state index contributed by atoms with van der Waals surface area (Å²) in [6.07, 6.45) is -14.9. The Morgan fingerprint density at radius 2 is 1.70 bits per heavy atom. The Bertz CT molecular complexity index is 1300. The molecule has 1 aliphatic heterocycles. The van der Waals surface area contributed by atoms with Crippen molar-refractivity contribution < 1.29 is 40.7 Å². The molecular formula is C26H25ClF6N4O3. The van der Waals surface area contributed by atoms with Crippen LogP contribution in [0.5, 0.6) is 0 Å². The topological polar surface area (TPSA) is 90.9 Å². The van der Waals surface area contributed by atoms with Gasteiger partial charge in [-0.1, -0.05) is 41.9 Å². The molecule has 216 valence electrons. The number of benzodiazepines with no additional fused rings is 1. The van der Waals surface area contributed by atoms with Crippen molar-refractivity contribution in [3.63, 3.8) is 0 Å². The lowest BCUT2D eigenvalue weighted by Crippen LogP contribution is -2.47. The van der Waals surface area contributed by atoms with E-state index in [4.69, 9.17) is 11.6 Å². The van der Waals surface area contributed by atoms with Crippen molar-refractivity contribution in [3.05, 3.63) is 64.2 Å². The van der Waals surface area contributed by atoms with Crippen LogP contribution in [-0.2, 0) is 14.4 Å². The van der Waals surface area contributed by atoms with Crippen molar-refractivity contribution in [2.45, 2.75) is 51.1 Å². The molecule has 14 heteroatoms. The summed E-state index contributed by atoms with van der Waals surface area (Å²) in [5.41, 5.74) is 2.06. The molecule has 3 rings (SSSR count). The SMILES string of the molecule is Cc1cccc2c1NC(=O)[C@H](N(CCC(F)(F)F)C(=O)CCC(=O)NCCC(F)(F)F)N=C2c1cccc(Cl)c1. The zero-order valence-corrected chi connectivity index (χ0v) is 21.9. The zero-order chi connectivity index (χ0) is 29.7. The molecule has 0 aliphatic carbocycles. The van der Waals surface area contributed by atoms with Crippen molar-refractivity contribution in [1.29, 1.82) is 0 Å². The van der Waals surface area contributed by atoms with Gasteiger partial charge in [0.05, 0.1) is 24.2 Å². The maximum atomic E-state index is 13.3. The van der Waals surface area contributed by atoms with Crippen molar-refractivity contribution >= 4 is 40.7 Å². The smallest absolute Gasteiger partial charge is 0.356 e. The summed E-state index contributed by atoms with van der Waals surface area (Å²) < 4.78 is 76.5. The molecule has 7 nitrogen and oxygen atoms in total. The van der Waals surface area contributed by atoms with Crippen molar-refractivity contribution in [2.24, 2.45) is 4.99 Å². The summed E-state index contributed by atoms with van der Waals surface area (Å²) in [7, 11) is 0. The third-order valence-corrected chi connectivity index (χ3v) is 6.14. The van der Waals surface area contributed by atoms with Gasteiger partial charge in [-0.25, -0.2) is 4.99 Å². The monoisotopic (exact) mass is 590 g/mol. The van der Waals surface area contributed by atoms with E-state index in [0.29, 0.717) is 32.3 Å². The number of fused-ring (bicyclic) bond motifs is 1. The Morgan fingerprint density at radius 3 is 2.35 bits per heavy atom. The standard InChI is InChI=1S/C26H25ClF6N4O3/c1-15-4-2-7-18-21(15)36-24(40)23(35-22(18)16-5-3-6-17(27)14-16)37(13-11-26(31,32)33)20(39)9-8-19(38)34-12-10-25(28,29)30/h2-7,14,23H,8-13H2,1H3,(H,34,38)(H,36,40)/t23-/m0/s1. The number of amides is 3. The van der Waals surface area contributed by atoms with Crippen LogP contribution in [0.4, 0.5) is 32.0 Å². The zero-order valence-electron chi connectivity index (χ0n) is 21.1. The van der Waals surface area contributed by atoms with E-state index in [2.05, 4.69) is 10.3 Å². The molecule has 0 radical (unpaired) electrons. The second-order valence-electron chi connectivity index (χ2n) is 9.02. The van der Waals surface area contributed by atoms with Crippen molar-refractivity contribution in [3.8, 4) is 0 Å². The average molecular weight is 591 g/mol. The molecule has 0 spiro atoms. The summed E-state index contributed by atoms with van der Waals surface area (Å²) in [5.74, 6) is -2.78. The van der Waals surface area contributed by atoms with Gasteiger partial charge in [0.1, 0.15) is 0 Å². The van der Waals surface area contributed by atoms with Gasteiger partial charge in [-0.3, -0.25) is 14.4 Å². The van der Waals surface area contributed by atoms with Gasteiger partial charge in [0, 0.05) is 42.1 Å².